The van der Waals surface area contributed by atoms with Gasteiger partial charge in [0.2, 0.25) is 0 Å². The van der Waals surface area contributed by atoms with Gasteiger partial charge in [0.25, 0.3) is 0 Å². The predicted octanol–water partition coefficient (Wildman–Crippen LogP) is 2.63. The van der Waals surface area contributed by atoms with Gasteiger partial charge in [0.05, 0.1) is 4.47 Å². The van der Waals surface area contributed by atoms with Gasteiger partial charge >= 0.3 is 0 Å². The zero-order valence-electron chi connectivity index (χ0n) is 7.98. The first kappa shape index (κ1) is 11.9. The molecule has 0 saturated heterocycles. The van der Waals surface area contributed by atoms with Gasteiger partial charge in [0.15, 0.2) is 0 Å². The first-order valence-electron chi connectivity index (χ1n) is 4.49. The number of anilines is 1. The maximum absolute atomic E-state index is 4.24. The molecule has 0 aromatic carbocycles. The first-order chi connectivity index (χ1) is 6.74. The Kier molecular flexibility index (Phi) is 5.44. The van der Waals surface area contributed by atoms with Crippen molar-refractivity contribution in [2.45, 2.75) is 6.92 Å². The van der Waals surface area contributed by atoms with Crippen molar-refractivity contribution in [1.82, 2.24) is 10.3 Å². The minimum atomic E-state index is 0.876. The molecule has 14 heavy (non-hydrogen) atoms. The van der Waals surface area contributed by atoms with Crippen LogP contribution in [0.4, 0.5) is 5.82 Å². The Labute approximate surface area is 101 Å². The molecule has 1 heterocycles. The van der Waals surface area contributed by atoms with Crippen LogP contribution < -0.4 is 10.6 Å². The molecule has 0 saturated carbocycles. The van der Waals surface area contributed by atoms with E-state index in [-0.39, 0.29) is 0 Å². The van der Waals surface area contributed by atoms with Crippen LogP contribution in [0.1, 0.15) is 6.92 Å². The highest BCUT2D eigenvalue weighted by molar-refractivity contribution is 9.11. The molecule has 3 nitrogen and oxygen atoms in total. The molecule has 2 N–H and O–H groups in total. The van der Waals surface area contributed by atoms with Crippen molar-refractivity contribution < 1.29 is 0 Å². The van der Waals surface area contributed by atoms with Crippen molar-refractivity contribution in [2.24, 2.45) is 0 Å². The lowest BCUT2D eigenvalue weighted by Gasteiger charge is -2.07. The van der Waals surface area contributed by atoms with Crippen molar-refractivity contribution >= 4 is 37.7 Å². The molecule has 0 aliphatic heterocycles. The molecule has 78 valence electrons. The van der Waals surface area contributed by atoms with Crippen molar-refractivity contribution in [3.05, 3.63) is 21.2 Å². The smallest absolute Gasteiger partial charge is 0.140 e. The molecule has 1 rings (SSSR count). The number of nitrogens with one attached hydrogen (secondary N) is 2. The summed E-state index contributed by atoms with van der Waals surface area (Å²) in [5, 5.41) is 6.47. The lowest BCUT2D eigenvalue weighted by molar-refractivity contribution is 0.737. The molecule has 0 unspecified atom stereocenters. The van der Waals surface area contributed by atoms with E-state index in [1.807, 2.05) is 6.07 Å². The lowest BCUT2D eigenvalue weighted by atomic mass is 10.4. The molecular weight excluding hydrogens is 310 g/mol. The Bertz CT molecular complexity index is 291. The Morgan fingerprint density at radius 2 is 2.14 bits per heavy atom. The molecular formula is C9H13Br2N3. The number of rotatable bonds is 5. The van der Waals surface area contributed by atoms with Gasteiger partial charge in [-0.15, -0.1) is 0 Å². The van der Waals surface area contributed by atoms with E-state index in [2.05, 4.69) is 54.4 Å². The highest BCUT2D eigenvalue weighted by atomic mass is 79.9. The molecule has 0 spiro atoms. The molecule has 0 aliphatic rings. The van der Waals surface area contributed by atoms with Crippen LogP contribution in [-0.2, 0) is 0 Å². The zero-order chi connectivity index (χ0) is 10.4. The molecule has 1 aromatic rings. The maximum atomic E-state index is 4.24. The minimum Gasteiger partial charge on any atom is -0.368 e. The SMILES string of the molecule is CCNCCNc1ncc(Br)cc1Br. The molecule has 0 radical (unpaired) electrons. The molecule has 1 aromatic heterocycles. The summed E-state index contributed by atoms with van der Waals surface area (Å²) in [4.78, 5) is 4.24. The largest absolute Gasteiger partial charge is 0.368 e. The van der Waals surface area contributed by atoms with E-state index in [9.17, 15) is 0 Å². The van der Waals surface area contributed by atoms with E-state index in [4.69, 9.17) is 0 Å². The van der Waals surface area contributed by atoms with E-state index in [0.29, 0.717) is 0 Å². The Morgan fingerprint density at radius 3 is 2.79 bits per heavy atom. The summed E-state index contributed by atoms with van der Waals surface area (Å²) >= 11 is 6.80. The van der Waals surface area contributed by atoms with Gasteiger partial charge in [-0.3, -0.25) is 0 Å². The number of hydrogen-bond donors (Lipinski definition) is 2. The number of nitrogens with zero attached hydrogens (tertiary/aromatic N) is 1. The number of hydrogen-bond acceptors (Lipinski definition) is 3. The monoisotopic (exact) mass is 321 g/mol. The average Bonchev–Trinajstić information content (AvgIpc) is 2.15. The van der Waals surface area contributed by atoms with Crippen LogP contribution >= 0.6 is 31.9 Å². The van der Waals surface area contributed by atoms with Crippen molar-refractivity contribution in [3.63, 3.8) is 0 Å². The normalized spacial score (nSPS) is 10.2. The first-order valence-corrected chi connectivity index (χ1v) is 6.08. The van der Waals surface area contributed by atoms with Crippen molar-refractivity contribution in [3.8, 4) is 0 Å². The van der Waals surface area contributed by atoms with Crippen LogP contribution in [0.3, 0.4) is 0 Å². The quantitative estimate of drug-likeness (QED) is 0.818. The van der Waals surface area contributed by atoms with Crippen LogP contribution in [0.5, 0.6) is 0 Å². The van der Waals surface area contributed by atoms with Crippen LogP contribution in [0.2, 0.25) is 0 Å². The molecule has 0 amide bonds. The number of pyridine rings is 1. The number of likely N-dealkylation sites (N-methyl/N-ethyl adjacent to an activating group) is 1. The summed E-state index contributed by atoms with van der Waals surface area (Å²) in [6.45, 7) is 4.91. The zero-order valence-corrected chi connectivity index (χ0v) is 11.2. The summed E-state index contributed by atoms with van der Waals surface area (Å²) in [5.74, 6) is 0.881. The predicted molar refractivity (Wildman–Crippen MR) is 66.7 cm³/mol. The summed E-state index contributed by atoms with van der Waals surface area (Å²) in [7, 11) is 0. The fourth-order valence-corrected chi connectivity index (χ4v) is 2.12. The van der Waals surface area contributed by atoms with E-state index in [1.54, 1.807) is 6.20 Å². The standard InChI is InChI=1S/C9H13Br2N3/c1-2-12-3-4-13-9-8(11)5-7(10)6-14-9/h5-6,12H,2-4H2,1H3,(H,13,14). The van der Waals surface area contributed by atoms with E-state index in [0.717, 1.165) is 34.4 Å². The van der Waals surface area contributed by atoms with Gasteiger partial charge in [0.1, 0.15) is 5.82 Å². The molecule has 0 bridgehead atoms. The highest BCUT2D eigenvalue weighted by Gasteiger charge is 2.00. The summed E-state index contributed by atoms with van der Waals surface area (Å²) in [6, 6.07) is 1.97. The second-order valence-corrected chi connectivity index (χ2v) is 4.53. The van der Waals surface area contributed by atoms with Gasteiger partial charge in [-0.2, -0.15) is 0 Å². The summed E-state index contributed by atoms with van der Waals surface area (Å²) in [5.41, 5.74) is 0. The second kappa shape index (κ2) is 6.37. The third-order valence-corrected chi connectivity index (χ3v) is 2.69. The molecule has 0 atom stereocenters. The topological polar surface area (TPSA) is 37.0 Å². The highest BCUT2D eigenvalue weighted by Crippen LogP contribution is 2.22. The number of halogens is 2. The van der Waals surface area contributed by atoms with Gasteiger partial charge in [-0.05, 0) is 44.5 Å². The van der Waals surface area contributed by atoms with Gasteiger partial charge in [0, 0.05) is 23.8 Å². The van der Waals surface area contributed by atoms with E-state index >= 15 is 0 Å². The van der Waals surface area contributed by atoms with Crippen LogP contribution in [0.25, 0.3) is 0 Å². The van der Waals surface area contributed by atoms with Gasteiger partial charge in [-0.25, -0.2) is 4.98 Å². The van der Waals surface area contributed by atoms with Crippen molar-refractivity contribution in [2.75, 3.05) is 25.0 Å². The lowest BCUT2D eigenvalue weighted by Crippen LogP contribution is -2.22. The Balaban J connectivity index is 2.42. The van der Waals surface area contributed by atoms with Gasteiger partial charge < -0.3 is 10.6 Å². The summed E-state index contributed by atoms with van der Waals surface area (Å²) < 4.78 is 1.95. The number of aromatic nitrogens is 1. The third kappa shape index (κ3) is 3.94. The minimum absolute atomic E-state index is 0.876. The molecule has 0 fully saturated rings. The van der Waals surface area contributed by atoms with Crippen LogP contribution in [0.15, 0.2) is 21.2 Å². The molecule has 5 heteroatoms. The van der Waals surface area contributed by atoms with Crippen molar-refractivity contribution in [1.29, 1.82) is 0 Å². The van der Waals surface area contributed by atoms with E-state index < -0.39 is 0 Å². The fraction of sp³-hybridized carbons (Fsp3) is 0.444. The fourth-order valence-electron chi connectivity index (χ4n) is 0.991. The average molecular weight is 323 g/mol. The Morgan fingerprint density at radius 1 is 1.36 bits per heavy atom. The second-order valence-electron chi connectivity index (χ2n) is 2.76. The van der Waals surface area contributed by atoms with Gasteiger partial charge in [-0.1, -0.05) is 6.92 Å². The van der Waals surface area contributed by atoms with E-state index in [1.165, 1.54) is 0 Å². The van der Waals surface area contributed by atoms with Crippen LogP contribution in [0, 0.1) is 0 Å². The molecule has 0 aliphatic carbocycles. The maximum Gasteiger partial charge on any atom is 0.140 e. The Hall–Kier alpha value is -0.130. The third-order valence-electron chi connectivity index (χ3n) is 1.65. The summed E-state index contributed by atoms with van der Waals surface area (Å²) in [6.07, 6.45) is 1.78. The van der Waals surface area contributed by atoms with Crippen LogP contribution in [-0.4, -0.2) is 24.6 Å².